The van der Waals surface area contributed by atoms with Crippen LogP contribution in [0.3, 0.4) is 0 Å². The fraction of sp³-hybridized carbons (Fsp3) is 0.0769. The number of pyridine rings is 1. The van der Waals surface area contributed by atoms with Gasteiger partial charge in [-0.2, -0.15) is 0 Å². The summed E-state index contributed by atoms with van der Waals surface area (Å²) in [6, 6.07) is 6.09. The first-order valence-electron chi connectivity index (χ1n) is 5.03. The van der Waals surface area contributed by atoms with Crippen molar-refractivity contribution in [3.05, 3.63) is 53.6 Å². The largest absolute Gasteiger partial charge is 0.478 e. The molecule has 0 spiro atoms. The van der Waals surface area contributed by atoms with Gasteiger partial charge < -0.3 is 5.11 Å². The molecule has 0 aliphatic rings. The Morgan fingerprint density at radius 3 is 2.65 bits per heavy atom. The third-order valence-electron chi connectivity index (χ3n) is 2.49. The van der Waals surface area contributed by atoms with Gasteiger partial charge in [-0.3, -0.25) is 4.98 Å². The van der Waals surface area contributed by atoms with Crippen molar-refractivity contribution in [2.24, 2.45) is 0 Å². The average Bonchev–Trinajstić information content (AvgIpc) is 2.28. The Morgan fingerprint density at radius 2 is 2.06 bits per heavy atom. The lowest BCUT2D eigenvalue weighted by molar-refractivity contribution is 0.0697. The molecule has 1 N–H and O–H groups in total. The minimum absolute atomic E-state index is 0.218. The van der Waals surface area contributed by atoms with Crippen molar-refractivity contribution < 1.29 is 14.3 Å². The third-order valence-corrected chi connectivity index (χ3v) is 2.49. The number of aromatic carboxylic acids is 1. The standard InChI is InChI=1S/C13H10FNO2/c1-8-4-9(13(16)17)2-3-12(8)10-5-11(14)7-15-6-10/h2-7H,1H3,(H,16,17). The molecule has 0 aliphatic carbocycles. The van der Waals surface area contributed by atoms with E-state index in [0.29, 0.717) is 5.56 Å². The lowest BCUT2D eigenvalue weighted by atomic mass is 10.00. The van der Waals surface area contributed by atoms with E-state index in [2.05, 4.69) is 4.98 Å². The lowest BCUT2D eigenvalue weighted by Crippen LogP contribution is -1.97. The molecule has 1 aromatic carbocycles. The summed E-state index contributed by atoms with van der Waals surface area (Å²) in [6.07, 6.45) is 2.68. The predicted octanol–water partition coefficient (Wildman–Crippen LogP) is 2.89. The van der Waals surface area contributed by atoms with Gasteiger partial charge in [0, 0.05) is 11.8 Å². The normalized spacial score (nSPS) is 10.2. The molecule has 3 nitrogen and oxygen atoms in total. The van der Waals surface area contributed by atoms with Gasteiger partial charge in [0.15, 0.2) is 0 Å². The third kappa shape index (κ3) is 2.30. The summed E-state index contributed by atoms with van der Waals surface area (Å²) in [5, 5.41) is 8.84. The maximum atomic E-state index is 13.0. The second-order valence-corrected chi connectivity index (χ2v) is 3.73. The van der Waals surface area contributed by atoms with Crippen LogP contribution in [0.1, 0.15) is 15.9 Å². The van der Waals surface area contributed by atoms with Gasteiger partial charge in [0.2, 0.25) is 0 Å². The zero-order chi connectivity index (χ0) is 12.4. The van der Waals surface area contributed by atoms with E-state index in [1.165, 1.54) is 12.1 Å². The van der Waals surface area contributed by atoms with Crippen LogP contribution in [-0.2, 0) is 0 Å². The summed E-state index contributed by atoms with van der Waals surface area (Å²) in [5.74, 6) is -1.39. The van der Waals surface area contributed by atoms with Crippen molar-refractivity contribution in [2.45, 2.75) is 6.92 Å². The first kappa shape index (κ1) is 11.3. The molecule has 0 amide bonds. The molecule has 86 valence electrons. The number of hydrogen-bond acceptors (Lipinski definition) is 2. The zero-order valence-corrected chi connectivity index (χ0v) is 9.14. The maximum absolute atomic E-state index is 13.0. The van der Waals surface area contributed by atoms with E-state index in [-0.39, 0.29) is 5.56 Å². The van der Waals surface area contributed by atoms with Gasteiger partial charge >= 0.3 is 5.97 Å². The molecule has 0 radical (unpaired) electrons. The Kier molecular flexibility index (Phi) is 2.87. The highest BCUT2D eigenvalue weighted by Crippen LogP contribution is 2.24. The molecule has 1 heterocycles. The minimum Gasteiger partial charge on any atom is -0.478 e. The number of nitrogens with zero attached hydrogens (tertiary/aromatic N) is 1. The van der Waals surface area contributed by atoms with Gasteiger partial charge in [-0.05, 0) is 36.2 Å². The Bertz CT molecular complexity index is 581. The number of aryl methyl sites for hydroxylation is 1. The topological polar surface area (TPSA) is 50.2 Å². The first-order chi connectivity index (χ1) is 8.08. The van der Waals surface area contributed by atoms with Gasteiger partial charge in [-0.1, -0.05) is 6.07 Å². The van der Waals surface area contributed by atoms with Gasteiger partial charge in [0.05, 0.1) is 11.8 Å². The van der Waals surface area contributed by atoms with Crippen molar-refractivity contribution in [1.82, 2.24) is 4.98 Å². The summed E-state index contributed by atoms with van der Waals surface area (Å²) in [5.41, 5.74) is 2.41. The second-order valence-electron chi connectivity index (χ2n) is 3.73. The van der Waals surface area contributed by atoms with E-state index in [0.717, 1.165) is 17.3 Å². The van der Waals surface area contributed by atoms with Crippen LogP contribution in [0.5, 0.6) is 0 Å². The molecular formula is C13H10FNO2. The first-order valence-corrected chi connectivity index (χ1v) is 5.03. The quantitative estimate of drug-likeness (QED) is 0.864. The molecule has 0 aliphatic heterocycles. The SMILES string of the molecule is Cc1cc(C(=O)O)ccc1-c1cncc(F)c1. The van der Waals surface area contributed by atoms with Gasteiger partial charge in [0.1, 0.15) is 5.82 Å². The highest BCUT2D eigenvalue weighted by molar-refractivity contribution is 5.89. The Morgan fingerprint density at radius 1 is 1.29 bits per heavy atom. The van der Waals surface area contributed by atoms with Crippen LogP contribution < -0.4 is 0 Å². The number of hydrogen-bond donors (Lipinski definition) is 1. The highest BCUT2D eigenvalue weighted by atomic mass is 19.1. The molecule has 0 saturated heterocycles. The van der Waals surface area contributed by atoms with E-state index < -0.39 is 11.8 Å². The minimum atomic E-state index is -0.975. The number of aromatic nitrogens is 1. The van der Waals surface area contributed by atoms with Crippen LogP contribution in [0, 0.1) is 12.7 Å². The van der Waals surface area contributed by atoms with Crippen molar-refractivity contribution in [3.63, 3.8) is 0 Å². The smallest absolute Gasteiger partial charge is 0.335 e. The second kappa shape index (κ2) is 4.33. The van der Waals surface area contributed by atoms with Gasteiger partial charge in [-0.15, -0.1) is 0 Å². The van der Waals surface area contributed by atoms with Gasteiger partial charge in [-0.25, -0.2) is 9.18 Å². The summed E-state index contributed by atoms with van der Waals surface area (Å²) >= 11 is 0. The van der Waals surface area contributed by atoms with Crippen LogP contribution in [0.25, 0.3) is 11.1 Å². The Labute approximate surface area is 97.6 Å². The van der Waals surface area contributed by atoms with Crippen LogP contribution in [0.15, 0.2) is 36.7 Å². The molecule has 0 bridgehead atoms. The maximum Gasteiger partial charge on any atom is 0.335 e. The van der Waals surface area contributed by atoms with Gasteiger partial charge in [0.25, 0.3) is 0 Å². The molecule has 0 atom stereocenters. The van der Waals surface area contributed by atoms with Crippen LogP contribution in [0.4, 0.5) is 4.39 Å². The number of carboxylic acid groups (broad SMARTS) is 1. The van der Waals surface area contributed by atoms with E-state index >= 15 is 0 Å². The molecule has 0 saturated carbocycles. The van der Waals surface area contributed by atoms with Crippen molar-refractivity contribution in [1.29, 1.82) is 0 Å². The zero-order valence-electron chi connectivity index (χ0n) is 9.14. The van der Waals surface area contributed by atoms with Crippen LogP contribution in [0.2, 0.25) is 0 Å². The van der Waals surface area contributed by atoms with Crippen molar-refractivity contribution in [3.8, 4) is 11.1 Å². The molecule has 4 heteroatoms. The molecule has 2 aromatic rings. The lowest BCUT2D eigenvalue weighted by Gasteiger charge is -2.06. The number of carbonyl (C=O) groups is 1. The number of carboxylic acids is 1. The molecule has 2 rings (SSSR count). The predicted molar refractivity (Wildman–Crippen MR) is 61.3 cm³/mol. The van der Waals surface area contributed by atoms with E-state index in [1.807, 2.05) is 0 Å². The number of halogens is 1. The molecule has 0 fully saturated rings. The van der Waals surface area contributed by atoms with Crippen LogP contribution >= 0.6 is 0 Å². The summed E-state index contributed by atoms with van der Waals surface area (Å²) < 4.78 is 13.0. The molecule has 17 heavy (non-hydrogen) atoms. The van der Waals surface area contributed by atoms with Crippen molar-refractivity contribution in [2.75, 3.05) is 0 Å². The highest BCUT2D eigenvalue weighted by Gasteiger charge is 2.07. The number of rotatable bonds is 2. The molecule has 0 unspecified atom stereocenters. The fourth-order valence-electron chi connectivity index (χ4n) is 1.68. The molecular weight excluding hydrogens is 221 g/mol. The summed E-state index contributed by atoms with van der Waals surface area (Å²) in [4.78, 5) is 14.6. The number of benzene rings is 1. The van der Waals surface area contributed by atoms with E-state index in [1.54, 1.807) is 25.3 Å². The Balaban J connectivity index is 2.50. The Hall–Kier alpha value is -2.23. The average molecular weight is 231 g/mol. The summed E-state index contributed by atoms with van der Waals surface area (Å²) in [6.45, 7) is 1.78. The molecule has 1 aromatic heterocycles. The van der Waals surface area contributed by atoms with Crippen LogP contribution in [-0.4, -0.2) is 16.1 Å². The monoisotopic (exact) mass is 231 g/mol. The van der Waals surface area contributed by atoms with E-state index in [4.69, 9.17) is 5.11 Å². The fourth-order valence-corrected chi connectivity index (χ4v) is 1.68. The van der Waals surface area contributed by atoms with Crippen molar-refractivity contribution >= 4 is 5.97 Å². The van der Waals surface area contributed by atoms with E-state index in [9.17, 15) is 9.18 Å². The summed E-state index contributed by atoms with van der Waals surface area (Å²) in [7, 11) is 0.